The molecule has 5 heteroatoms. The third-order valence-electron chi connectivity index (χ3n) is 3.51. The monoisotopic (exact) mass is 269 g/mol. The first-order valence-corrected chi connectivity index (χ1v) is 6.80. The zero-order chi connectivity index (χ0) is 13.0. The van der Waals surface area contributed by atoms with E-state index in [4.69, 9.17) is 16.7 Å². The fourth-order valence-corrected chi connectivity index (χ4v) is 2.36. The molecule has 0 atom stereocenters. The average Bonchev–Trinajstić information content (AvgIpc) is 2.30. The summed E-state index contributed by atoms with van der Waals surface area (Å²) >= 11 is 6.18. The SMILES string of the molecule is CNc1ccc(Cl)c(CN(CCO)C2CCC2)n1. The minimum Gasteiger partial charge on any atom is -0.395 e. The first-order chi connectivity index (χ1) is 8.74. The van der Waals surface area contributed by atoms with Gasteiger partial charge in [-0.15, -0.1) is 0 Å². The molecule has 100 valence electrons. The summed E-state index contributed by atoms with van der Waals surface area (Å²) in [6.45, 7) is 1.58. The van der Waals surface area contributed by atoms with Crippen LogP contribution in [0.2, 0.25) is 5.02 Å². The first kappa shape index (κ1) is 13.6. The minimum absolute atomic E-state index is 0.180. The topological polar surface area (TPSA) is 48.4 Å². The Balaban J connectivity index is 2.09. The standard InChI is InChI=1S/C13H20ClN3O/c1-15-13-6-5-11(14)12(16-13)9-17(7-8-18)10-3-2-4-10/h5-6,10,18H,2-4,7-9H2,1H3,(H,15,16). The number of halogens is 1. The molecule has 0 unspecified atom stereocenters. The molecule has 1 heterocycles. The van der Waals surface area contributed by atoms with Gasteiger partial charge in [-0.1, -0.05) is 18.0 Å². The van der Waals surface area contributed by atoms with Gasteiger partial charge in [0.15, 0.2) is 0 Å². The molecule has 0 amide bonds. The summed E-state index contributed by atoms with van der Waals surface area (Å²) in [4.78, 5) is 6.76. The lowest BCUT2D eigenvalue weighted by Gasteiger charge is -2.37. The van der Waals surface area contributed by atoms with Gasteiger partial charge in [-0.3, -0.25) is 4.90 Å². The summed E-state index contributed by atoms with van der Waals surface area (Å²) in [6, 6.07) is 4.31. The smallest absolute Gasteiger partial charge is 0.126 e. The summed E-state index contributed by atoms with van der Waals surface area (Å²) in [5.41, 5.74) is 0.879. The number of nitrogens with one attached hydrogen (secondary N) is 1. The predicted molar refractivity (Wildman–Crippen MR) is 73.9 cm³/mol. The van der Waals surface area contributed by atoms with Crippen LogP contribution >= 0.6 is 11.6 Å². The van der Waals surface area contributed by atoms with E-state index in [-0.39, 0.29) is 6.61 Å². The van der Waals surface area contributed by atoms with E-state index in [1.165, 1.54) is 19.3 Å². The number of nitrogens with zero attached hydrogens (tertiary/aromatic N) is 2. The first-order valence-electron chi connectivity index (χ1n) is 6.42. The van der Waals surface area contributed by atoms with Crippen LogP contribution in [0.25, 0.3) is 0 Å². The maximum atomic E-state index is 9.15. The van der Waals surface area contributed by atoms with Gasteiger partial charge in [0, 0.05) is 26.2 Å². The Morgan fingerprint density at radius 1 is 1.50 bits per heavy atom. The van der Waals surface area contributed by atoms with Gasteiger partial charge < -0.3 is 10.4 Å². The lowest BCUT2D eigenvalue weighted by Crippen LogP contribution is -2.41. The summed E-state index contributed by atoms with van der Waals surface area (Å²) in [5.74, 6) is 0.826. The van der Waals surface area contributed by atoms with Crippen molar-refractivity contribution < 1.29 is 5.11 Å². The van der Waals surface area contributed by atoms with Gasteiger partial charge in [0.05, 0.1) is 17.3 Å². The Bertz CT molecular complexity index is 396. The molecule has 1 aromatic rings. The molecule has 2 rings (SSSR count). The minimum atomic E-state index is 0.180. The van der Waals surface area contributed by atoms with Crippen molar-refractivity contribution >= 4 is 17.4 Å². The third kappa shape index (κ3) is 3.13. The van der Waals surface area contributed by atoms with Crippen molar-refractivity contribution in [3.63, 3.8) is 0 Å². The quantitative estimate of drug-likeness (QED) is 0.831. The molecule has 1 aliphatic carbocycles. The van der Waals surface area contributed by atoms with Crippen molar-refractivity contribution in [3.8, 4) is 0 Å². The summed E-state index contributed by atoms with van der Waals surface area (Å²) in [7, 11) is 1.84. The van der Waals surface area contributed by atoms with Gasteiger partial charge in [0.25, 0.3) is 0 Å². The number of rotatable bonds is 6. The van der Waals surface area contributed by atoms with Gasteiger partial charge in [0.1, 0.15) is 5.82 Å². The predicted octanol–water partition coefficient (Wildman–Crippen LogP) is 2.12. The van der Waals surface area contributed by atoms with Crippen molar-refractivity contribution in [2.45, 2.75) is 31.8 Å². The highest BCUT2D eigenvalue weighted by atomic mass is 35.5. The van der Waals surface area contributed by atoms with Gasteiger partial charge in [-0.05, 0) is 25.0 Å². The molecule has 1 aliphatic rings. The van der Waals surface area contributed by atoms with E-state index in [0.29, 0.717) is 24.2 Å². The van der Waals surface area contributed by atoms with Crippen LogP contribution in [0.4, 0.5) is 5.82 Å². The molecular weight excluding hydrogens is 250 g/mol. The summed E-state index contributed by atoms with van der Waals surface area (Å²) in [6.07, 6.45) is 3.71. The molecular formula is C13H20ClN3O. The number of aromatic nitrogens is 1. The second-order valence-corrected chi connectivity index (χ2v) is 5.06. The van der Waals surface area contributed by atoms with Crippen molar-refractivity contribution in [1.29, 1.82) is 0 Å². The van der Waals surface area contributed by atoms with Crippen LogP contribution in [-0.2, 0) is 6.54 Å². The largest absolute Gasteiger partial charge is 0.395 e. The number of aliphatic hydroxyl groups is 1. The lowest BCUT2D eigenvalue weighted by molar-refractivity contribution is 0.0934. The van der Waals surface area contributed by atoms with Gasteiger partial charge >= 0.3 is 0 Å². The highest BCUT2D eigenvalue weighted by molar-refractivity contribution is 6.31. The Labute approximate surface area is 113 Å². The van der Waals surface area contributed by atoms with E-state index in [9.17, 15) is 0 Å². The number of aliphatic hydroxyl groups excluding tert-OH is 1. The highest BCUT2D eigenvalue weighted by Gasteiger charge is 2.25. The maximum absolute atomic E-state index is 9.15. The normalized spacial score (nSPS) is 15.8. The van der Waals surface area contributed by atoms with E-state index in [2.05, 4.69) is 15.2 Å². The number of pyridine rings is 1. The van der Waals surface area contributed by atoms with Crippen LogP contribution in [0.3, 0.4) is 0 Å². The van der Waals surface area contributed by atoms with Crippen molar-refractivity contribution in [2.24, 2.45) is 0 Å². The zero-order valence-electron chi connectivity index (χ0n) is 10.7. The zero-order valence-corrected chi connectivity index (χ0v) is 11.5. The van der Waals surface area contributed by atoms with Crippen LogP contribution in [-0.4, -0.2) is 41.2 Å². The second kappa shape index (κ2) is 6.36. The molecule has 0 bridgehead atoms. The maximum Gasteiger partial charge on any atom is 0.126 e. The Morgan fingerprint density at radius 2 is 2.28 bits per heavy atom. The molecule has 0 spiro atoms. The number of anilines is 1. The molecule has 1 saturated carbocycles. The Hall–Kier alpha value is -0.840. The van der Waals surface area contributed by atoms with Crippen molar-refractivity contribution in [2.75, 3.05) is 25.5 Å². The van der Waals surface area contributed by atoms with Gasteiger partial charge in [-0.25, -0.2) is 4.98 Å². The van der Waals surface area contributed by atoms with Gasteiger partial charge in [0.2, 0.25) is 0 Å². The highest BCUT2D eigenvalue weighted by Crippen LogP contribution is 2.27. The Morgan fingerprint density at radius 3 is 2.83 bits per heavy atom. The average molecular weight is 270 g/mol. The Kier molecular flexibility index (Phi) is 4.80. The van der Waals surface area contributed by atoms with Crippen LogP contribution in [0, 0.1) is 0 Å². The molecule has 1 aromatic heterocycles. The molecule has 1 fully saturated rings. The van der Waals surface area contributed by atoms with E-state index in [0.717, 1.165) is 11.5 Å². The van der Waals surface area contributed by atoms with E-state index < -0.39 is 0 Å². The van der Waals surface area contributed by atoms with Crippen LogP contribution in [0.5, 0.6) is 0 Å². The van der Waals surface area contributed by atoms with Crippen molar-refractivity contribution in [3.05, 3.63) is 22.8 Å². The molecule has 18 heavy (non-hydrogen) atoms. The lowest BCUT2D eigenvalue weighted by atomic mass is 9.91. The summed E-state index contributed by atoms with van der Waals surface area (Å²) in [5, 5.41) is 12.9. The van der Waals surface area contributed by atoms with Crippen molar-refractivity contribution in [1.82, 2.24) is 9.88 Å². The molecule has 2 N–H and O–H groups in total. The van der Waals surface area contributed by atoms with E-state index in [1.54, 1.807) is 0 Å². The molecule has 4 nitrogen and oxygen atoms in total. The number of hydrogen-bond acceptors (Lipinski definition) is 4. The fourth-order valence-electron chi connectivity index (χ4n) is 2.20. The summed E-state index contributed by atoms with van der Waals surface area (Å²) < 4.78 is 0. The van der Waals surface area contributed by atoms with E-state index >= 15 is 0 Å². The van der Waals surface area contributed by atoms with Crippen LogP contribution < -0.4 is 5.32 Å². The molecule has 0 aliphatic heterocycles. The van der Waals surface area contributed by atoms with Crippen LogP contribution in [0.15, 0.2) is 12.1 Å². The third-order valence-corrected chi connectivity index (χ3v) is 3.85. The molecule has 0 radical (unpaired) electrons. The molecule has 0 saturated heterocycles. The molecule has 0 aromatic carbocycles. The van der Waals surface area contributed by atoms with Gasteiger partial charge in [-0.2, -0.15) is 0 Å². The fraction of sp³-hybridized carbons (Fsp3) is 0.615. The van der Waals surface area contributed by atoms with E-state index in [1.807, 2.05) is 19.2 Å². The second-order valence-electron chi connectivity index (χ2n) is 4.65. The number of hydrogen-bond donors (Lipinski definition) is 2. The van der Waals surface area contributed by atoms with Crippen LogP contribution in [0.1, 0.15) is 25.0 Å².